The zero-order valence-corrected chi connectivity index (χ0v) is 9.03. The number of anilines is 1. The lowest BCUT2D eigenvalue weighted by Crippen LogP contribution is -2.08. The van der Waals surface area contributed by atoms with Gasteiger partial charge in [-0.3, -0.25) is 4.98 Å². The van der Waals surface area contributed by atoms with E-state index < -0.39 is 5.97 Å². The number of rotatable bonds is 4. The van der Waals surface area contributed by atoms with Crippen molar-refractivity contribution < 1.29 is 9.90 Å². The Kier molecular flexibility index (Phi) is 2.95. The second-order valence-corrected chi connectivity index (χ2v) is 3.32. The van der Waals surface area contributed by atoms with Gasteiger partial charge in [-0.1, -0.05) is 5.10 Å². The number of nitrogens with zero attached hydrogens (tertiary/aromatic N) is 5. The monoisotopic (exact) mass is 234 g/mol. The largest absolute Gasteiger partial charge is 0.478 e. The first-order valence-corrected chi connectivity index (χ1v) is 4.81. The topological polar surface area (TPSA) is 106 Å². The SMILES string of the molecule is Cn1nnnc1NCc1cc(C(=O)O)ccn1. The normalized spacial score (nSPS) is 10.2. The fourth-order valence-electron chi connectivity index (χ4n) is 1.26. The van der Waals surface area contributed by atoms with Crippen molar-refractivity contribution >= 4 is 11.9 Å². The number of carboxylic acids is 1. The highest BCUT2D eigenvalue weighted by atomic mass is 16.4. The van der Waals surface area contributed by atoms with E-state index in [-0.39, 0.29) is 5.56 Å². The average Bonchev–Trinajstić information content (AvgIpc) is 2.72. The van der Waals surface area contributed by atoms with E-state index in [4.69, 9.17) is 5.11 Å². The molecule has 0 bridgehead atoms. The number of pyridine rings is 1. The van der Waals surface area contributed by atoms with Crippen LogP contribution in [0.4, 0.5) is 5.95 Å². The van der Waals surface area contributed by atoms with Gasteiger partial charge in [-0.15, -0.1) is 0 Å². The van der Waals surface area contributed by atoms with Gasteiger partial charge in [0, 0.05) is 13.2 Å². The van der Waals surface area contributed by atoms with Crippen molar-refractivity contribution in [1.82, 2.24) is 25.2 Å². The Hall–Kier alpha value is -2.51. The molecule has 17 heavy (non-hydrogen) atoms. The third-order valence-corrected chi connectivity index (χ3v) is 2.11. The minimum atomic E-state index is -0.978. The van der Waals surface area contributed by atoms with Gasteiger partial charge >= 0.3 is 5.97 Å². The van der Waals surface area contributed by atoms with Gasteiger partial charge in [0.1, 0.15) is 0 Å². The van der Waals surface area contributed by atoms with Crippen molar-refractivity contribution in [2.24, 2.45) is 7.05 Å². The van der Waals surface area contributed by atoms with E-state index in [0.717, 1.165) is 0 Å². The van der Waals surface area contributed by atoms with Gasteiger partial charge < -0.3 is 10.4 Å². The number of hydrogen-bond donors (Lipinski definition) is 2. The smallest absolute Gasteiger partial charge is 0.335 e. The predicted molar refractivity (Wildman–Crippen MR) is 57.3 cm³/mol. The molecular weight excluding hydrogens is 224 g/mol. The molecule has 0 aliphatic rings. The van der Waals surface area contributed by atoms with Gasteiger partial charge in [-0.05, 0) is 22.6 Å². The Morgan fingerprint density at radius 1 is 1.59 bits per heavy atom. The Balaban J connectivity index is 2.07. The number of aromatic carboxylic acids is 1. The fraction of sp³-hybridized carbons (Fsp3) is 0.222. The maximum Gasteiger partial charge on any atom is 0.335 e. The molecule has 0 atom stereocenters. The highest BCUT2D eigenvalue weighted by molar-refractivity contribution is 5.87. The number of aromatic nitrogens is 5. The summed E-state index contributed by atoms with van der Waals surface area (Å²) < 4.78 is 1.47. The lowest BCUT2D eigenvalue weighted by molar-refractivity contribution is 0.0696. The van der Waals surface area contributed by atoms with Crippen LogP contribution in [0.2, 0.25) is 0 Å². The molecule has 0 fully saturated rings. The second kappa shape index (κ2) is 4.56. The molecule has 2 N–H and O–H groups in total. The Morgan fingerprint density at radius 3 is 3.06 bits per heavy atom. The van der Waals surface area contributed by atoms with Crippen molar-refractivity contribution in [3.8, 4) is 0 Å². The van der Waals surface area contributed by atoms with E-state index in [9.17, 15) is 4.79 Å². The van der Waals surface area contributed by atoms with E-state index in [0.29, 0.717) is 18.2 Å². The molecule has 8 heteroatoms. The van der Waals surface area contributed by atoms with Crippen molar-refractivity contribution in [3.05, 3.63) is 29.6 Å². The Labute approximate surface area is 96.3 Å². The quantitative estimate of drug-likeness (QED) is 0.761. The molecular formula is C9H10N6O2. The molecule has 2 rings (SSSR count). The number of carboxylic acid groups (broad SMARTS) is 1. The average molecular weight is 234 g/mol. The molecule has 8 nitrogen and oxygen atoms in total. The molecule has 2 aromatic heterocycles. The van der Waals surface area contributed by atoms with Crippen LogP contribution in [-0.2, 0) is 13.6 Å². The first-order chi connectivity index (χ1) is 8.16. The number of nitrogens with one attached hydrogen (secondary N) is 1. The number of hydrogen-bond acceptors (Lipinski definition) is 6. The maximum atomic E-state index is 10.8. The summed E-state index contributed by atoms with van der Waals surface area (Å²) in [6, 6.07) is 2.94. The minimum absolute atomic E-state index is 0.202. The highest BCUT2D eigenvalue weighted by Gasteiger charge is 2.05. The lowest BCUT2D eigenvalue weighted by Gasteiger charge is -2.03. The molecule has 0 aliphatic carbocycles. The van der Waals surface area contributed by atoms with E-state index >= 15 is 0 Å². The molecule has 0 radical (unpaired) electrons. The van der Waals surface area contributed by atoms with Crippen LogP contribution >= 0.6 is 0 Å². The third kappa shape index (κ3) is 2.54. The number of tetrazole rings is 1. The summed E-state index contributed by atoms with van der Waals surface area (Å²) in [6.07, 6.45) is 1.45. The summed E-state index contributed by atoms with van der Waals surface area (Å²) in [7, 11) is 1.70. The predicted octanol–water partition coefficient (Wildman–Crippen LogP) is -0.0846. The number of aryl methyl sites for hydroxylation is 1. The molecule has 88 valence electrons. The lowest BCUT2D eigenvalue weighted by atomic mass is 10.2. The van der Waals surface area contributed by atoms with Crippen LogP contribution in [0.1, 0.15) is 16.1 Å². The third-order valence-electron chi connectivity index (χ3n) is 2.11. The second-order valence-electron chi connectivity index (χ2n) is 3.32. The van der Waals surface area contributed by atoms with E-state index in [1.807, 2.05) is 0 Å². The minimum Gasteiger partial charge on any atom is -0.478 e. The van der Waals surface area contributed by atoms with Crippen molar-refractivity contribution in [1.29, 1.82) is 0 Å². The van der Waals surface area contributed by atoms with Gasteiger partial charge in [0.05, 0.1) is 17.8 Å². The van der Waals surface area contributed by atoms with Crippen LogP contribution in [0.5, 0.6) is 0 Å². The molecule has 0 saturated heterocycles. The van der Waals surface area contributed by atoms with E-state index in [1.165, 1.54) is 23.0 Å². The van der Waals surface area contributed by atoms with E-state index in [1.54, 1.807) is 7.05 Å². The first-order valence-electron chi connectivity index (χ1n) is 4.81. The molecule has 2 aromatic rings. The van der Waals surface area contributed by atoms with Crippen LogP contribution < -0.4 is 5.32 Å². The summed E-state index contributed by atoms with van der Waals surface area (Å²) in [6.45, 7) is 0.356. The summed E-state index contributed by atoms with van der Waals surface area (Å²) in [5.41, 5.74) is 0.806. The van der Waals surface area contributed by atoms with Gasteiger partial charge in [-0.2, -0.15) is 0 Å². The van der Waals surface area contributed by atoms with Crippen molar-refractivity contribution in [2.45, 2.75) is 6.54 Å². The highest BCUT2D eigenvalue weighted by Crippen LogP contribution is 2.04. The molecule has 0 saturated carbocycles. The van der Waals surface area contributed by atoms with Gasteiger partial charge in [0.25, 0.3) is 0 Å². The standard InChI is InChI=1S/C9H10N6O2/c1-15-9(12-13-14-15)11-5-7-4-6(8(16)17)2-3-10-7/h2-4H,5H2,1H3,(H,16,17)(H,11,12,14). The molecule has 2 heterocycles. The van der Waals surface area contributed by atoms with Crippen LogP contribution in [0, 0.1) is 0 Å². The number of carbonyl (C=O) groups is 1. The van der Waals surface area contributed by atoms with Crippen LogP contribution in [0.15, 0.2) is 18.3 Å². The molecule has 0 aliphatic heterocycles. The van der Waals surface area contributed by atoms with Crippen LogP contribution in [0.3, 0.4) is 0 Å². The molecule has 0 aromatic carbocycles. The van der Waals surface area contributed by atoms with Crippen molar-refractivity contribution in [2.75, 3.05) is 5.32 Å². The Morgan fingerprint density at radius 2 is 2.41 bits per heavy atom. The van der Waals surface area contributed by atoms with Gasteiger partial charge in [0.2, 0.25) is 5.95 Å². The summed E-state index contributed by atoms with van der Waals surface area (Å²) in [4.78, 5) is 14.8. The summed E-state index contributed by atoms with van der Waals surface area (Å²) in [5, 5.41) is 22.6. The zero-order chi connectivity index (χ0) is 12.3. The summed E-state index contributed by atoms with van der Waals surface area (Å²) in [5.74, 6) is -0.485. The van der Waals surface area contributed by atoms with Crippen molar-refractivity contribution in [3.63, 3.8) is 0 Å². The van der Waals surface area contributed by atoms with Crippen LogP contribution in [0.25, 0.3) is 0 Å². The van der Waals surface area contributed by atoms with Crippen LogP contribution in [-0.4, -0.2) is 36.3 Å². The first kappa shape index (κ1) is 11.0. The summed E-state index contributed by atoms with van der Waals surface area (Å²) >= 11 is 0. The van der Waals surface area contributed by atoms with Gasteiger partial charge in [0.15, 0.2) is 0 Å². The van der Waals surface area contributed by atoms with E-state index in [2.05, 4.69) is 25.8 Å². The molecule has 0 amide bonds. The fourth-order valence-corrected chi connectivity index (χ4v) is 1.26. The molecule has 0 spiro atoms. The van der Waals surface area contributed by atoms with Gasteiger partial charge in [-0.25, -0.2) is 9.48 Å². The molecule has 0 unspecified atom stereocenters. The Bertz CT molecular complexity index is 538. The zero-order valence-electron chi connectivity index (χ0n) is 9.03. The maximum absolute atomic E-state index is 10.8.